The lowest BCUT2D eigenvalue weighted by molar-refractivity contribution is 0.0691. The van der Waals surface area contributed by atoms with Crippen LogP contribution in [-0.2, 0) is 0 Å². The van der Waals surface area contributed by atoms with E-state index in [9.17, 15) is 4.79 Å². The molecule has 2 N–H and O–H groups in total. The summed E-state index contributed by atoms with van der Waals surface area (Å²) in [5, 5.41) is 9.85. The molecule has 1 aromatic heterocycles. The first kappa shape index (κ1) is 12.1. The molecule has 1 saturated carbocycles. The molecule has 0 saturated heterocycles. The minimum absolute atomic E-state index is 0.201. The van der Waals surface area contributed by atoms with E-state index in [4.69, 9.17) is 9.84 Å². The standard InChI is InChI=1S/C15H17NO3/c17-15(18)13-8-11-12(16-13)6-3-7-14(11)19-9-10-4-1-2-5-10/h3,6-8,10,16H,1-2,4-5,9H2,(H,17,18). The lowest BCUT2D eigenvalue weighted by Crippen LogP contribution is -2.07. The largest absolute Gasteiger partial charge is 0.493 e. The summed E-state index contributed by atoms with van der Waals surface area (Å²) in [6.07, 6.45) is 5.07. The Morgan fingerprint density at radius 2 is 2.16 bits per heavy atom. The molecule has 4 heteroatoms. The molecule has 1 aliphatic rings. The van der Waals surface area contributed by atoms with E-state index in [1.807, 2.05) is 18.2 Å². The van der Waals surface area contributed by atoms with E-state index < -0.39 is 5.97 Å². The Kier molecular flexibility index (Phi) is 3.15. The summed E-state index contributed by atoms with van der Waals surface area (Å²) < 4.78 is 5.88. The zero-order valence-electron chi connectivity index (χ0n) is 10.7. The summed E-state index contributed by atoms with van der Waals surface area (Å²) in [5.41, 5.74) is 1.01. The third-order valence-electron chi connectivity index (χ3n) is 3.80. The second kappa shape index (κ2) is 4.96. The van der Waals surface area contributed by atoms with E-state index in [0.717, 1.165) is 23.3 Å². The maximum Gasteiger partial charge on any atom is 0.352 e. The van der Waals surface area contributed by atoms with Crippen molar-refractivity contribution in [3.63, 3.8) is 0 Å². The van der Waals surface area contributed by atoms with Crippen LogP contribution in [0.15, 0.2) is 24.3 Å². The van der Waals surface area contributed by atoms with Gasteiger partial charge >= 0.3 is 5.97 Å². The first-order chi connectivity index (χ1) is 9.24. The molecule has 4 nitrogen and oxygen atoms in total. The van der Waals surface area contributed by atoms with Crippen molar-refractivity contribution in [2.45, 2.75) is 25.7 Å². The monoisotopic (exact) mass is 259 g/mol. The lowest BCUT2D eigenvalue weighted by Gasteiger charge is -2.11. The average molecular weight is 259 g/mol. The van der Waals surface area contributed by atoms with Crippen LogP contribution in [0.4, 0.5) is 0 Å². The summed E-state index contributed by atoms with van der Waals surface area (Å²) in [5.74, 6) is 0.472. The van der Waals surface area contributed by atoms with Gasteiger partial charge in [0.25, 0.3) is 0 Å². The number of benzene rings is 1. The van der Waals surface area contributed by atoms with Crippen molar-refractivity contribution in [2.24, 2.45) is 5.92 Å². The molecule has 2 aromatic rings. The van der Waals surface area contributed by atoms with Gasteiger partial charge in [-0.25, -0.2) is 4.79 Å². The Balaban J connectivity index is 1.83. The maximum atomic E-state index is 11.0. The molecule has 1 aliphatic carbocycles. The van der Waals surface area contributed by atoms with Crippen molar-refractivity contribution in [1.82, 2.24) is 4.98 Å². The first-order valence-corrected chi connectivity index (χ1v) is 6.72. The second-order valence-corrected chi connectivity index (χ2v) is 5.17. The number of nitrogens with one attached hydrogen (secondary N) is 1. The number of ether oxygens (including phenoxy) is 1. The molecular weight excluding hydrogens is 242 g/mol. The van der Waals surface area contributed by atoms with Crippen LogP contribution in [0.1, 0.15) is 36.2 Å². The van der Waals surface area contributed by atoms with Gasteiger partial charge in [-0.15, -0.1) is 0 Å². The zero-order valence-corrected chi connectivity index (χ0v) is 10.7. The molecule has 1 aromatic carbocycles. The van der Waals surface area contributed by atoms with Crippen LogP contribution in [0.5, 0.6) is 5.75 Å². The smallest absolute Gasteiger partial charge is 0.352 e. The number of carboxylic acids is 1. The molecule has 0 bridgehead atoms. The summed E-state index contributed by atoms with van der Waals surface area (Å²) in [7, 11) is 0. The van der Waals surface area contributed by atoms with Crippen molar-refractivity contribution in [2.75, 3.05) is 6.61 Å². The topological polar surface area (TPSA) is 62.3 Å². The highest BCUT2D eigenvalue weighted by Gasteiger charge is 2.16. The predicted octanol–water partition coefficient (Wildman–Crippen LogP) is 3.44. The van der Waals surface area contributed by atoms with E-state index in [1.54, 1.807) is 6.07 Å². The number of hydrogen-bond donors (Lipinski definition) is 2. The zero-order chi connectivity index (χ0) is 13.2. The third kappa shape index (κ3) is 2.43. The summed E-state index contributed by atoms with van der Waals surface area (Å²) in [4.78, 5) is 13.9. The van der Waals surface area contributed by atoms with Gasteiger partial charge in [-0.2, -0.15) is 0 Å². The molecule has 1 heterocycles. The van der Waals surface area contributed by atoms with Crippen LogP contribution in [0, 0.1) is 5.92 Å². The fourth-order valence-corrected chi connectivity index (χ4v) is 2.75. The Morgan fingerprint density at radius 1 is 1.37 bits per heavy atom. The number of rotatable bonds is 4. The molecule has 100 valence electrons. The molecule has 0 radical (unpaired) electrons. The first-order valence-electron chi connectivity index (χ1n) is 6.72. The van der Waals surface area contributed by atoms with Gasteiger partial charge in [0.2, 0.25) is 0 Å². The number of H-pyrrole nitrogens is 1. The summed E-state index contributed by atoms with van der Waals surface area (Å²) in [6, 6.07) is 7.29. The highest BCUT2D eigenvalue weighted by Crippen LogP contribution is 2.29. The minimum Gasteiger partial charge on any atom is -0.493 e. The van der Waals surface area contributed by atoms with Crippen LogP contribution in [0.3, 0.4) is 0 Å². The number of aromatic amines is 1. The highest BCUT2D eigenvalue weighted by molar-refractivity contribution is 5.96. The number of aromatic nitrogens is 1. The Bertz CT molecular complexity index is 596. The van der Waals surface area contributed by atoms with Gasteiger partial charge in [0.15, 0.2) is 0 Å². The SMILES string of the molecule is O=C(O)c1cc2c(OCC3CCCC3)cccc2[nH]1. The van der Waals surface area contributed by atoms with Crippen LogP contribution >= 0.6 is 0 Å². The van der Waals surface area contributed by atoms with Crippen molar-refractivity contribution in [3.05, 3.63) is 30.0 Å². The fourth-order valence-electron chi connectivity index (χ4n) is 2.75. The molecule has 1 fully saturated rings. The van der Waals surface area contributed by atoms with Gasteiger partial charge in [0.05, 0.1) is 6.61 Å². The molecule has 0 unspecified atom stereocenters. The summed E-state index contributed by atoms with van der Waals surface area (Å²) >= 11 is 0. The Morgan fingerprint density at radius 3 is 2.89 bits per heavy atom. The predicted molar refractivity (Wildman–Crippen MR) is 72.7 cm³/mol. The van der Waals surface area contributed by atoms with Gasteiger partial charge in [0.1, 0.15) is 11.4 Å². The normalized spacial score (nSPS) is 16.0. The van der Waals surface area contributed by atoms with Gasteiger partial charge in [0, 0.05) is 10.9 Å². The third-order valence-corrected chi connectivity index (χ3v) is 3.80. The van der Waals surface area contributed by atoms with E-state index in [0.29, 0.717) is 5.92 Å². The number of fused-ring (bicyclic) bond motifs is 1. The molecule has 0 amide bonds. The number of aromatic carboxylic acids is 1. The van der Waals surface area contributed by atoms with Crippen LogP contribution in [-0.4, -0.2) is 22.7 Å². The van der Waals surface area contributed by atoms with E-state index in [2.05, 4.69) is 4.98 Å². The van der Waals surface area contributed by atoms with Crippen molar-refractivity contribution >= 4 is 16.9 Å². The molecule has 19 heavy (non-hydrogen) atoms. The minimum atomic E-state index is -0.946. The quantitative estimate of drug-likeness (QED) is 0.884. The van der Waals surface area contributed by atoms with E-state index in [1.165, 1.54) is 25.7 Å². The van der Waals surface area contributed by atoms with Crippen molar-refractivity contribution in [3.8, 4) is 5.75 Å². The van der Waals surface area contributed by atoms with Gasteiger partial charge in [-0.05, 0) is 37.0 Å². The highest BCUT2D eigenvalue weighted by atomic mass is 16.5. The van der Waals surface area contributed by atoms with Crippen LogP contribution in [0.2, 0.25) is 0 Å². The lowest BCUT2D eigenvalue weighted by atomic mass is 10.1. The fraction of sp³-hybridized carbons (Fsp3) is 0.400. The number of carboxylic acid groups (broad SMARTS) is 1. The number of carbonyl (C=O) groups is 1. The van der Waals surface area contributed by atoms with Crippen LogP contribution < -0.4 is 4.74 Å². The van der Waals surface area contributed by atoms with Crippen molar-refractivity contribution in [1.29, 1.82) is 0 Å². The molecule has 0 aliphatic heterocycles. The van der Waals surface area contributed by atoms with E-state index in [-0.39, 0.29) is 5.69 Å². The number of hydrogen-bond acceptors (Lipinski definition) is 2. The maximum absolute atomic E-state index is 11.0. The van der Waals surface area contributed by atoms with Gasteiger partial charge in [-0.1, -0.05) is 18.9 Å². The van der Waals surface area contributed by atoms with Crippen molar-refractivity contribution < 1.29 is 14.6 Å². The Hall–Kier alpha value is -1.97. The molecular formula is C15H17NO3. The Labute approximate surface area is 111 Å². The average Bonchev–Trinajstić information content (AvgIpc) is 3.05. The second-order valence-electron chi connectivity index (χ2n) is 5.17. The molecule has 3 rings (SSSR count). The molecule has 0 spiro atoms. The summed E-state index contributed by atoms with van der Waals surface area (Å²) in [6.45, 7) is 0.729. The van der Waals surface area contributed by atoms with Gasteiger partial charge < -0.3 is 14.8 Å². The van der Waals surface area contributed by atoms with Crippen LogP contribution in [0.25, 0.3) is 10.9 Å². The van der Waals surface area contributed by atoms with Gasteiger partial charge in [-0.3, -0.25) is 0 Å². The molecule has 0 atom stereocenters. The van der Waals surface area contributed by atoms with E-state index >= 15 is 0 Å².